The second-order valence-corrected chi connectivity index (χ2v) is 15.0. The van der Waals surface area contributed by atoms with Gasteiger partial charge >= 0.3 is 0 Å². The van der Waals surface area contributed by atoms with Crippen LogP contribution in [-0.4, -0.2) is 15.0 Å². The number of furan rings is 1. The number of fused-ring (bicyclic) bond motifs is 6. The van der Waals surface area contributed by atoms with Crippen LogP contribution in [0.2, 0.25) is 0 Å². The molecule has 0 radical (unpaired) electrons. The summed E-state index contributed by atoms with van der Waals surface area (Å²) in [6, 6.07) is 65.7. The average Bonchev–Trinajstić information content (AvgIpc) is 3.85. The molecule has 0 saturated carbocycles. The topological polar surface area (TPSA) is 51.8 Å². The highest BCUT2D eigenvalue weighted by Gasteiger charge is 2.16. The van der Waals surface area contributed by atoms with E-state index in [9.17, 15) is 0 Å². The summed E-state index contributed by atoms with van der Waals surface area (Å²) in [5.74, 6) is 1.84. The average molecular weight is 734 g/mol. The lowest BCUT2D eigenvalue weighted by atomic mass is 9.98. The van der Waals surface area contributed by atoms with Gasteiger partial charge in [-0.25, -0.2) is 15.0 Å². The van der Waals surface area contributed by atoms with Gasteiger partial charge in [-0.15, -0.1) is 11.3 Å². The van der Waals surface area contributed by atoms with Gasteiger partial charge in [0.25, 0.3) is 0 Å². The molecule has 0 aliphatic rings. The molecule has 262 valence electrons. The smallest absolute Gasteiger partial charge is 0.164 e. The zero-order valence-corrected chi connectivity index (χ0v) is 30.9. The molecular formula is C51H31N3OS. The van der Waals surface area contributed by atoms with E-state index in [2.05, 4.69) is 146 Å². The van der Waals surface area contributed by atoms with E-state index >= 15 is 0 Å². The van der Waals surface area contributed by atoms with Crippen LogP contribution in [-0.2, 0) is 0 Å². The van der Waals surface area contributed by atoms with E-state index in [0.717, 1.165) is 55.3 Å². The highest BCUT2D eigenvalue weighted by atomic mass is 32.1. The molecule has 0 bridgehead atoms. The number of thiophene rings is 1. The second kappa shape index (κ2) is 13.3. The largest absolute Gasteiger partial charge is 0.456 e. The number of nitrogens with zero attached hydrogens (tertiary/aromatic N) is 3. The molecule has 3 aromatic heterocycles. The first-order valence-corrected chi connectivity index (χ1v) is 19.5. The molecule has 3 heterocycles. The lowest BCUT2D eigenvalue weighted by Crippen LogP contribution is -2.00. The van der Waals surface area contributed by atoms with Crippen molar-refractivity contribution in [3.8, 4) is 67.5 Å². The highest BCUT2D eigenvalue weighted by Crippen LogP contribution is 2.41. The third-order valence-corrected chi connectivity index (χ3v) is 11.8. The number of rotatable bonds is 6. The van der Waals surface area contributed by atoms with Gasteiger partial charge in [0.2, 0.25) is 0 Å². The van der Waals surface area contributed by atoms with E-state index in [1.54, 1.807) is 0 Å². The fraction of sp³-hybridized carbons (Fsp3) is 0. The van der Waals surface area contributed by atoms with Crippen LogP contribution < -0.4 is 0 Å². The molecule has 0 fully saturated rings. The fourth-order valence-electron chi connectivity index (χ4n) is 7.71. The number of hydrogen-bond acceptors (Lipinski definition) is 5. The van der Waals surface area contributed by atoms with E-state index < -0.39 is 0 Å². The van der Waals surface area contributed by atoms with Crippen LogP contribution in [0, 0.1) is 0 Å². The van der Waals surface area contributed by atoms with E-state index in [1.165, 1.54) is 36.9 Å². The van der Waals surface area contributed by atoms with Crippen LogP contribution in [0.15, 0.2) is 192 Å². The lowest BCUT2D eigenvalue weighted by molar-refractivity contribution is 0.669. The first-order chi connectivity index (χ1) is 27.7. The maximum absolute atomic E-state index is 6.46. The van der Waals surface area contributed by atoms with Crippen molar-refractivity contribution in [3.63, 3.8) is 0 Å². The molecule has 5 heteroatoms. The maximum Gasteiger partial charge on any atom is 0.164 e. The molecule has 11 aromatic rings. The molecule has 11 rings (SSSR count). The summed E-state index contributed by atoms with van der Waals surface area (Å²) in [5, 5.41) is 4.75. The fourth-order valence-corrected chi connectivity index (χ4v) is 8.94. The molecule has 0 N–H and O–H groups in total. The van der Waals surface area contributed by atoms with Crippen molar-refractivity contribution in [2.45, 2.75) is 0 Å². The third-order valence-electron chi connectivity index (χ3n) is 10.6. The maximum atomic E-state index is 6.46. The van der Waals surface area contributed by atoms with Gasteiger partial charge in [-0.3, -0.25) is 0 Å². The number of hydrogen-bond donors (Lipinski definition) is 0. The monoisotopic (exact) mass is 733 g/mol. The van der Waals surface area contributed by atoms with Crippen LogP contribution in [0.3, 0.4) is 0 Å². The van der Waals surface area contributed by atoms with Crippen molar-refractivity contribution in [3.05, 3.63) is 188 Å². The number of aromatic nitrogens is 3. The zero-order valence-electron chi connectivity index (χ0n) is 30.1. The molecule has 0 aliphatic carbocycles. The van der Waals surface area contributed by atoms with Crippen molar-refractivity contribution >= 4 is 53.4 Å². The van der Waals surface area contributed by atoms with Gasteiger partial charge in [0.15, 0.2) is 17.5 Å². The van der Waals surface area contributed by atoms with Crippen LogP contribution in [0.1, 0.15) is 0 Å². The summed E-state index contributed by atoms with van der Waals surface area (Å²) < 4.78 is 9.11. The van der Waals surface area contributed by atoms with Gasteiger partial charge in [-0.05, 0) is 63.7 Å². The summed E-state index contributed by atoms with van der Waals surface area (Å²) in [6.45, 7) is 0. The molecule has 0 unspecified atom stereocenters. The molecule has 0 spiro atoms. The van der Waals surface area contributed by atoms with Gasteiger partial charge in [-0.1, -0.05) is 158 Å². The quantitative estimate of drug-likeness (QED) is 0.171. The molecular weight excluding hydrogens is 703 g/mol. The summed E-state index contributed by atoms with van der Waals surface area (Å²) in [5.41, 5.74) is 11.4. The predicted octanol–water partition coefficient (Wildman–Crippen LogP) is 14.1. The molecule has 0 saturated heterocycles. The molecule has 4 nitrogen and oxygen atoms in total. The molecule has 8 aromatic carbocycles. The minimum atomic E-state index is 0.593. The van der Waals surface area contributed by atoms with Crippen molar-refractivity contribution in [2.75, 3.05) is 0 Å². The van der Waals surface area contributed by atoms with E-state index in [4.69, 9.17) is 19.4 Å². The van der Waals surface area contributed by atoms with Crippen LogP contribution in [0.4, 0.5) is 0 Å². The summed E-state index contributed by atoms with van der Waals surface area (Å²) >= 11 is 1.86. The summed E-state index contributed by atoms with van der Waals surface area (Å²) in [6.07, 6.45) is 0. The predicted molar refractivity (Wildman–Crippen MR) is 233 cm³/mol. The highest BCUT2D eigenvalue weighted by molar-refractivity contribution is 7.26. The summed E-state index contributed by atoms with van der Waals surface area (Å²) in [4.78, 5) is 14.9. The zero-order chi connectivity index (χ0) is 37.0. The Labute approximate surface area is 327 Å². The Balaban J connectivity index is 0.941. The minimum Gasteiger partial charge on any atom is -0.456 e. The van der Waals surface area contributed by atoms with Gasteiger partial charge in [0.05, 0.1) is 0 Å². The lowest BCUT2D eigenvalue weighted by Gasteiger charge is -2.09. The summed E-state index contributed by atoms with van der Waals surface area (Å²) in [7, 11) is 0. The Morgan fingerprint density at radius 3 is 1.61 bits per heavy atom. The normalized spacial score (nSPS) is 11.6. The third kappa shape index (κ3) is 5.65. The second-order valence-electron chi connectivity index (χ2n) is 14.0. The van der Waals surface area contributed by atoms with Crippen molar-refractivity contribution in [1.29, 1.82) is 0 Å². The van der Waals surface area contributed by atoms with E-state index in [1.807, 2.05) is 53.8 Å². The Morgan fingerprint density at radius 2 is 0.857 bits per heavy atom. The van der Waals surface area contributed by atoms with E-state index in [0.29, 0.717) is 17.5 Å². The van der Waals surface area contributed by atoms with Gasteiger partial charge in [-0.2, -0.15) is 0 Å². The SMILES string of the molecule is c1ccc(-c2ccc(-c3nc(-c4ccccc4)nc(-c4ccc5c(c4)oc4ccc(-c6ccc(-c7cccc8c7sc7ccccc78)cc6)cc45)n3)cc2)cc1. The molecule has 0 amide bonds. The molecule has 0 aliphatic heterocycles. The van der Waals surface area contributed by atoms with Crippen LogP contribution >= 0.6 is 11.3 Å². The first kappa shape index (κ1) is 32.2. The van der Waals surface area contributed by atoms with E-state index in [-0.39, 0.29) is 0 Å². The Bertz CT molecular complexity index is 3220. The van der Waals surface area contributed by atoms with Crippen LogP contribution in [0.25, 0.3) is 110 Å². The molecule has 56 heavy (non-hydrogen) atoms. The Kier molecular flexibility index (Phi) is 7.64. The first-order valence-electron chi connectivity index (χ1n) is 18.7. The van der Waals surface area contributed by atoms with Crippen molar-refractivity contribution in [1.82, 2.24) is 15.0 Å². The minimum absolute atomic E-state index is 0.593. The van der Waals surface area contributed by atoms with Gasteiger partial charge < -0.3 is 4.42 Å². The molecule has 0 atom stereocenters. The van der Waals surface area contributed by atoms with Crippen LogP contribution in [0.5, 0.6) is 0 Å². The Hall–Kier alpha value is -7.21. The van der Waals surface area contributed by atoms with Gasteiger partial charge in [0, 0.05) is 47.6 Å². The number of benzene rings is 8. The standard InChI is InChI=1S/C51H31N3OS/c1-3-10-32(11-4-1)33-20-24-37(25-21-33)50-52-49(36-12-5-2-6-13-36)53-51(54-50)39-26-28-41-44-30-38(27-29-45(44)55-46(41)31-39)34-18-22-35(23-19-34)40-15-9-16-43-42-14-7-8-17-47(42)56-48(40)43/h1-31H. The Morgan fingerprint density at radius 1 is 0.321 bits per heavy atom. The van der Waals surface area contributed by atoms with Crippen molar-refractivity contribution in [2.24, 2.45) is 0 Å². The van der Waals surface area contributed by atoms with Gasteiger partial charge in [0.1, 0.15) is 11.2 Å². The van der Waals surface area contributed by atoms with Crippen molar-refractivity contribution < 1.29 is 4.42 Å².